The van der Waals surface area contributed by atoms with E-state index in [4.69, 9.17) is 0 Å². The summed E-state index contributed by atoms with van der Waals surface area (Å²) in [5, 5.41) is 12.0. The number of hydrogen-bond donors (Lipinski definition) is 2. The highest BCUT2D eigenvalue weighted by molar-refractivity contribution is 7.80. The van der Waals surface area contributed by atoms with Gasteiger partial charge in [-0.25, -0.2) is 0 Å². The lowest BCUT2D eigenvalue weighted by Gasteiger charge is -2.15. The molecule has 0 radical (unpaired) electrons. The maximum absolute atomic E-state index is 11.6. The summed E-state index contributed by atoms with van der Waals surface area (Å²) in [6.45, 7) is 1.36. The molecule has 0 aromatic rings. The maximum atomic E-state index is 11.6. The van der Waals surface area contributed by atoms with Gasteiger partial charge in [0.2, 0.25) is 11.2 Å². The summed E-state index contributed by atoms with van der Waals surface area (Å²) in [5.41, 5.74) is 0. The Bertz CT molecular complexity index is 355. The smallest absolute Gasteiger partial charge is 0.262 e. The van der Waals surface area contributed by atoms with Gasteiger partial charge in [0.05, 0.1) is 0 Å². The van der Waals surface area contributed by atoms with E-state index in [-0.39, 0.29) is 5.11 Å². The highest BCUT2D eigenvalue weighted by atomic mass is 32.1. The molecule has 0 fully saturated rings. The van der Waals surface area contributed by atoms with E-state index < -0.39 is 17.9 Å². The van der Waals surface area contributed by atoms with E-state index in [1.54, 1.807) is 0 Å². The van der Waals surface area contributed by atoms with Crippen molar-refractivity contribution in [3.8, 4) is 0 Å². The molecule has 0 aliphatic carbocycles. The summed E-state index contributed by atoms with van der Waals surface area (Å²) < 4.78 is 0. The zero-order valence-electron chi connectivity index (χ0n) is 9.77. The van der Waals surface area contributed by atoms with Gasteiger partial charge in [0.25, 0.3) is 11.8 Å². The van der Waals surface area contributed by atoms with E-state index in [0.717, 1.165) is 13.0 Å². The topological polar surface area (TPSA) is 86.2 Å². The second kappa shape index (κ2) is 6.36. The fraction of sp³-hybridized carbons (Fsp3) is 0.667. The van der Waals surface area contributed by atoms with Gasteiger partial charge in [0.15, 0.2) is 0 Å². The fourth-order valence-electron chi connectivity index (χ4n) is 1.24. The van der Waals surface area contributed by atoms with E-state index in [2.05, 4.69) is 33.1 Å². The molecular formula is C9H15N5O2S. The maximum Gasteiger partial charge on any atom is 0.262 e. The number of nitrogens with one attached hydrogen (secondary N) is 2. The van der Waals surface area contributed by atoms with Crippen molar-refractivity contribution < 1.29 is 9.59 Å². The van der Waals surface area contributed by atoms with Gasteiger partial charge in [-0.1, -0.05) is 0 Å². The van der Waals surface area contributed by atoms with Crippen molar-refractivity contribution in [2.45, 2.75) is 12.5 Å². The van der Waals surface area contributed by atoms with Crippen molar-refractivity contribution in [2.24, 2.45) is 10.2 Å². The lowest BCUT2D eigenvalue weighted by molar-refractivity contribution is -0.130. The molecule has 1 aliphatic heterocycles. The number of amides is 2. The molecule has 1 rings (SSSR count). The second-order valence-electron chi connectivity index (χ2n) is 3.86. The average molecular weight is 257 g/mol. The van der Waals surface area contributed by atoms with Crippen molar-refractivity contribution in [3.63, 3.8) is 0 Å². The monoisotopic (exact) mass is 257 g/mol. The lowest BCUT2D eigenvalue weighted by Crippen LogP contribution is -2.48. The molecule has 1 heterocycles. The molecule has 17 heavy (non-hydrogen) atoms. The summed E-state index contributed by atoms with van der Waals surface area (Å²) in [4.78, 5) is 25.0. The second-order valence-corrected chi connectivity index (χ2v) is 4.25. The fourth-order valence-corrected chi connectivity index (χ4v) is 1.38. The number of rotatable bonds is 5. The molecule has 0 saturated carbocycles. The summed E-state index contributed by atoms with van der Waals surface area (Å²) in [6, 6.07) is -1.12. The third kappa shape index (κ3) is 4.53. The van der Waals surface area contributed by atoms with Crippen LogP contribution >= 0.6 is 12.2 Å². The highest BCUT2D eigenvalue weighted by Gasteiger charge is 2.29. The van der Waals surface area contributed by atoms with Gasteiger partial charge in [-0.15, -0.1) is 5.11 Å². The van der Waals surface area contributed by atoms with Gasteiger partial charge in [0.1, 0.15) is 0 Å². The first kappa shape index (κ1) is 13.7. The zero-order valence-corrected chi connectivity index (χ0v) is 10.6. The SMILES string of the molecule is CN(C)CCCNC(=O)C1N=NC(=S)NC1=O. The van der Waals surface area contributed by atoms with E-state index in [9.17, 15) is 9.59 Å². The minimum Gasteiger partial charge on any atom is -0.354 e. The van der Waals surface area contributed by atoms with Crippen LogP contribution in [0.1, 0.15) is 6.42 Å². The van der Waals surface area contributed by atoms with Crippen LogP contribution in [0.25, 0.3) is 0 Å². The molecular weight excluding hydrogens is 242 g/mol. The average Bonchev–Trinajstić information content (AvgIpc) is 2.23. The Balaban J connectivity index is 2.35. The molecule has 94 valence electrons. The first-order chi connectivity index (χ1) is 8.00. The predicted molar refractivity (Wildman–Crippen MR) is 65.6 cm³/mol. The number of thiocarbonyl (C=S) groups is 1. The van der Waals surface area contributed by atoms with Crippen LogP contribution in [0.3, 0.4) is 0 Å². The molecule has 1 aliphatic rings. The first-order valence-electron chi connectivity index (χ1n) is 5.19. The van der Waals surface area contributed by atoms with Gasteiger partial charge in [0, 0.05) is 6.54 Å². The quantitative estimate of drug-likeness (QED) is 0.387. The lowest BCUT2D eigenvalue weighted by atomic mass is 10.2. The summed E-state index contributed by atoms with van der Waals surface area (Å²) in [5.74, 6) is -0.984. The molecule has 8 heteroatoms. The Hall–Kier alpha value is -1.41. The summed E-state index contributed by atoms with van der Waals surface area (Å²) in [7, 11) is 3.90. The van der Waals surface area contributed by atoms with Crippen LogP contribution in [0.15, 0.2) is 10.2 Å². The van der Waals surface area contributed by atoms with Crippen LogP contribution < -0.4 is 10.6 Å². The molecule has 0 saturated heterocycles. The van der Waals surface area contributed by atoms with E-state index in [0.29, 0.717) is 6.54 Å². The van der Waals surface area contributed by atoms with Gasteiger partial charge in [-0.3, -0.25) is 14.9 Å². The van der Waals surface area contributed by atoms with Crippen LogP contribution in [-0.4, -0.2) is 55.1 Å². The normalized spacial score (nSPS) is 19.4. The summed E-state index contributed by atoms with van der Waals surface area (Å²) >= 11 is 4.63. The van der Waals surface area contributed by atoms with Crippen molar-refractivity contribution in [1.29, 1.82) is 0 Å². The third-order valence-electron chi connectivity index (χ3n) is 2.07. The molecule has 1 atom stereocenters. The summed E-state index contributed by atoms with van der Waals surface area (Å²) in [6.07, 6.45) is 0.808. The highest BCUT2D eigenvalue weighted by Crippen LogP contribution is 2.00. The van der Waals surface area contributed by atoms with Crippen LogP contribution in [-0.2, 0) is 9.59 Å². The minimum atomic E-state index is -1.12. The largest absolute Gasteiger partial charge is 0.354 e. The molecule has 0 aromatic heterocycles. The van der Waals surface area contributed by atoms with Crippen LogP contribution in [0, 0.1) is 0 Å². The van der Waals surface area contributed by atoms with Gasteiger partial charge < -0.3 is 10.2 Å². The van der Waals surface area contributed by atoms with Crippen molar-refractivity contribution >= 4 is 29.1 Å². The van der Waals surface area contributed by atoms with Gasteiger partial charge in [-0.2, -0.15) is 5.11 Å². The molecule has 0 aromatic carbocycles. The van der Waals surface area contributed by atoms with Gasteiger partial charge >= 0.3 is 0 Å². The standard InChI is InChI=1S/C9H15N5O2S/c1-14(2)5-3-4-10-7(15)6-8(16)11-9(17)13-12-6/h6H,3-5H2,1-2H3,(H,10,15)(H,11,16,17). The number of nitrogens with zero attached hydrogens (tertiary/aromatic N) is 3. The van der Waals surface area contributed by atoms with Gasteiger partial charge in [-0.05, 0) is 39.3 Å². The molecule has 2 amide bonds. The molecule has 1 unspecified atom stereocenters. The van der Waals surface area contributed by atoms with E-state index in [1.807, 2.05) is 19.0 Å². The number of hydrogen-bond acceptors (Lipinski definition) is 5. The zero-order chi connectivity index (χ0) is 12.8. The third-order valence-corrected chi connectivity index (χ3v) is 2.26. The Morgan fingerprint density at radius 3 is 2.88 bits per heavy atom. The molecule has 2 N–H and O–H groups in total. The number of carbonyl (C=O) groups is 2. The van der Waals surface area contributed by atoms with Crippen LogP contribution in [0.2, 0.25) is 0 Å². The van der Waals surface area contributed by atoms with Crippen LogP contribution in [0.4, 0.5) is 0 Å². The minimum absolute atomic E-state index is 0.00772. The first-order valence-corrected chi connectivity index (χ1v) is 5.59. The Labute approximate surface area is 105 Å². The molecule has 0 spiro atoms. The van der Waals surface area contributed by atoms with Crippen molar-refractivity contribution in [1.82, 2.24) is 15.5 Å². The van der Waals surface area contributed by atoms with E-state index in [1.165, 1.54) is 0 Å². The predicted octanol–water partition coefficient (Wildman–Crippen LogP) is -0.710. The number of carbonyl (C=O) groups excluding carboxylic acids is 2. The van der Waals surface area contributed by atoms with Crippen LogP contribution in [0.5, 0.6) is 0 Å². The van der Waals surface area contributed by atoms with Crippen molar-refractivity contribution in [3.05, 3.63) is 0 Å². The molecule has 0 bridgehead atoms. The number of azo groups is 1. The van der Waals surface area contributed by atoms with E-state index >= 15 is 0 Å². The van der Waals surface area contributed by atoms with Crippen molar-refractivity contribution in [2.75, 3.05) is 27.2 Å². The Morgan fingerprint density at radius 2 is 2.29 bits per heavy atom. The Kier molecular flexibility index (Phi) is 5.11. The Morgan fingerprint density at radius 1 is 1.59 bits per heavy atom. The molecule has 7 nitrogen and oxygen atoms in total.